The highest BCUT2D eigenvalue weighted by molar-refractivity contribution is 5.86. The molecule has 2 saturated heterocycles. The smallest absolute Gasteiger partial charge is 0.328 e. The number of hydrogen-bond acceptors (Lipinski definition) is 5. The zero-order valence-corrected chi connectivity index (χ0v) is 26.4. The number of piperidine rings is 1. The standard InChI is InChI=1S/C36H44N4O4/c1-26(2)32(34(42)44-5)38(4)35(43)37(3)30-22-15-23-39(24-30)33(41)31-25-40(31)36(27-16-9-6-10-17-27,28-18-11-7-12-19-28)29-20-13-8-14-21-29/h6-14,16-21,26,30-32H,15,22-25H2,1-5H3/t30-,31?,32-,40?/m0/s1. The first-order valence-corrected chi connectivity index (χ1v) is 15.5. The maximum Gasteiger partial charge on any atom is 0.328 e. The van der Waals surface area contributed by atoms with E-state index in [9.17, 15) is 14.4 Å². The minimum atomic E-state index is -0.682. The van der Waals surface area contributed by atoms with Crippen molar-refractivity contribution < 1.29 is 19.1 Å². The third kappa shape index (κ3) is 5.83. The van der Waals surface area contributed by atoms with E-state index in [1.54, 1.807) is 19.0 Å². The second kappa shape index (κ2) is 13.2. The Hall–Kier alpha value is -4.17. The lowest BCUT2D eigenvalue weighted by molar-refractivity contribution is -0.147. The highest BCUT2D eigenvalue weighted by Crippen LogP contribution is 2.48. The Morgan fingerprint density at radius 2 is 1.32 bits per heavy atom. The zero-order valence-electron chi connectivity index (χ0n) is 26.4. The number of rotatable bonds is 9. The van der Waals surface area contributed by atoms with Crippen molar-refractivity contribution in [2.24, 2.45) is 5.92 Å². The van der Waals surface area contributed by atoms with Crippen LogP contribution in [0.2, 0.25) is 0 Å². The number of likely N-dealkylation sites (N-methyl/N-ethyl adjacent to an activating group) is 2. The summed E-state index contributed by atoms with van der Waals surface area (Å²) in [5.41, 5.74) is 2.71. The van der Waals surface area contributed by atoms with Gasteiger partial charge < -0.3 is 19.4 Å². The second-order valence-electron chi connectivity index (χ2n) is 12.3. The maximum atomic E-state index is 14.2. The quantitative estimate of drug-likeness (QED) is 0.201. The van der Waals surface area contributed by atoms with Gasteiger partial charge in [-0.25, -0.2) is 9.59 Å². The van der Waals surface area contributed by atoms with E-state index in [1.165, 1.54) is 12.0 Å². The number of amides is 3. The molecule has 0 aromatic heterocycles. The Kier molecular flexibility index (Phi) is 9.39. The van der Waals surface area contributed by atoms with Crippen LogP contribution < -0.4 is 0 Å². The fourth-order valence-electron chi connectivity index (χ4n) is 6.96. The molecule has 8 nitrogen and oxygen atoms in total. The molecule has 2 unspecified atom stereocenters. The van der Waals surface area contributed by atoms with Gasteiger partial charge in [0.25, 0.3) is 0 Å². The molecule has 8 heteroatoms. The largest absolute Gasteiger partial charge is 0.467 e. The first-order valence-electron chi connectivity index (χ1n) is 15.5. The molecule has 0 bridgehead atoms. The van der Waals surface area contributed by atoms with Crippen molar-refractivity contribution >= 4 is 17.9 Å². The van der Waals surface area contributed by atoms with Crippen molar-refractivity contribution in [3.05, 3.63) is 108 Å². The Balaban J connectivity index is 1.39. The van der Waals surface area contributed by atoms with Crippen LogP contribution in [0.1, 0.15) is 43.4 Å². The van der Waals surface area contributed by atoms with E-state index in [2.05, 4.69) is 77.7 Å². The minimum Gasteiger partial charge on any atom is -0.467 e. The van der Waals surface area contributed by atoms with Crippen molar-refractivity contribution in [3.63, 3.8) is 0 Å². The van der Waals surface area contributed by atoms with Crippen LogP contribution in [0.4, 0.5) is 4.79 Å². The predicted molar refractivity (Wildman–Crippen MR) is 171 cm³/mol. The molecule has 232 valence electrons. The number of hydrogen-bond donors (Lipinski definition) is 0. The van der Waals surface area contributed by atoms with E-state index < -0.39 is 17.6 Å². The summed E-state index contributed by atoms with van der Waals surface area (Å²) in [6.07, 6.45) is 1.59. The lowest BCUT2D eigenvalue weighted by Gasteiger charge is -2.41. The Bertz CT molecular complexity index is 1340. The molecule has 3 aromatic carbocycles. The number of urea groups is 1. The molecule has 0 radical (unpaired) electrons. The van der Waals surface area contributed by atoms with Crippen LogP contribution in [0.15, 0.2) is 91.0 Å². The van der Waals surface area contributed by atoms with Gasteiger partial charge in [0.05, 0.1) is 18.7 Å². The van der Waals surface area contributed by atoms with Crippen LogP contribution in [-0.2, 0) is 19.9 Å². The molecule has 3 aromatic rings. The van der Waals surface area contributed by atoms with Gasteiger partial charge in [-0.15, -0.1) is 0 Å². The molecular weight excluding hydrogens is 552 g/mol. The highest BCUT2D eigenvalue weighted by atomic mass is 16.5. The fourth-order valence-corrected chi connectivity index (χ4v) is 6.96. The van der Waals surface area contributed by atoms with Crippen molar-refractivity contribution in [2.75, 3.05) is 40.8 Å². The maximum absolute atomic E-state index is 14.2. The number of carbonyl (C=O) groups is 3. The number of carbonyl (C=O) groups excluding carboxylic acids is 3. The first kappa shape index (κ1) is 31.3. The van der Waals surface area contributed by atoms with Gasteiger partial charge >= 0.3 is 12.0 Å². The summed E-state index contributed by atoms with van der Waals surface area (Å²) in [4.78, 5) is 47.6. The monoisotopic (exact) mass is 596 g/mol. The van der Waals surface area contributed by atoms with Gasteiger partial charge in [-0.3, -0.25) is 9.69 Å². The summed E-state index contributed by atoms with van der Waals surface area (Å²) >= 11 is 0. The molecule has 4 atom stereocenters. The molecule has 44 heavy (non-hydrogen) atoms. The van der Waals surface area contributed by atoms with Crippen molar-refractivity contribution in [1.29, 1.82) is 0 Å². The molecule has 2 aliphatic rings. The van der Waals surface area contributed by atoms with Crippen LogP contribution in [0.25, 0.3) is 0 Å². The number of benzene rings is 3. The summed E-state index contributed by atoms with van der Waals surface area (Å²) in [7, 11) is 4.75. The van der Waals surface area contributed by atoms with Gasteiger partial charge in [0.2, 0.25) is 5.91 Å². The molecule has 0 N–H and O–H groups in total. The van der Waals surface area contributed by atoms with Crippen molar-refractivity contribution in [2.45, 2.75) is 50.4 Å². The van der Waals surface area contributed by atoms with Crippen LogP contribution in [0, 0.1) is 5.92 Å². The molecule has 2 aliphatic heterocycles. The summed E-state index contributed by atoms with van der Waals surface area (Å²) in [5, 5.41) is 0. The van der Waals surface area contributed by atoms with Gasteiger partial charge in [-0.2, -0.15) is 0 Å². The third-order valence-corrected chi connectivity index (χ3v) is 9.25. The molecule has 2 fully saturated rings. The van der Waals surface area contributed by atoms with E-state index in [-0.39, 0.29) is 29.9 Å². The van der Waals surface area contributed by atoms with Crippen LogP contribution >= 0.6 is 0 Å². The third-order valence-electron chi connectivity index (χ3n) is 9.25. The van der Waals surface area contributed by atoms with E-state index in [0.717, 1.165) is 29.5 Å². The summed E-state index contributed by atoms with van der Waals surface area (Å²) in [5.74, 6) is -0.447. The number of esters is 1. The van der Waals surface area contributed by atoms with E-state index in [0.29, 0.717) is 19.6 Å². The second-order valence-corrected chi connectivity index (χ2v) is 12.3. The van der Waals surface area contributed by atoms with Gasteiger partial charge in [0.1, 0.15) is 12.1 Å². The molecule has 3 amide bonds. The first-order chi connectivity index (χ1) is 21.2. The molecule has 5 rings (SSSR count). The number of methoxy groups -OCH3 is 1. The lowest BCUT2D eigenvalue weighted by Crippen LogP contribution is -2.57. The molecule has 0 saturated carbocycles. The number of nitrogens with zero attached hydrogens (tertiary/aromatic N) is 4. The number of ether oxygens (including phenoxy) is 1. The molecule has 0 aliphatic carbocycles. The predicted octanol–water partition coefficient (Wildman–Crippen LogP) is 4.83. The van der Waals surface area contributed by atoms with Crippen molar-refractivity contribution in [1.82, 2.24) is 19.6 Å². The molecule has 0 spiro atoms. The summed E-state index contributed by atoms with van der Waals surface area (Å²) in [6, 6.07) is 29.9. The summed E-state index contributed by atoms with van der Waals surface area (Å²) in [6.45, 7) is 5.54. The molecule has 2 heterocycles. The van der Waals surface area contributed by atoms with Crippen LogP contribution in [-0.4, -0.2) is 96.5 Å². The fraction of sp³-hybridized carbons (Fsp3) is 0.417. The SMILES string of the molecule is COC(=O)[C@H](C(C)C)N(C)C(=O)N(C)[C@H]1CCCN(C(=O)C2CN2C(c2ccccc2)(c2ccccc2)c2ccccc2)C1. The van der Waals surface area contributed by atoms with Gasteiger partial charge in [-0.05, 0) is 35.4 Å². The Labute approximate surface area is 261 Å². The Morgan fingerprint density at radius 1 is 0.818 bits per heavy atom. The van der Waals surface area contributed by atoms with Gasteiger partial charge in [0, 0.05) is 33.7 Å². The van der Waals surface area contributed by atoms with Gasteiger partial charge in [0.15, 0.2) is 0 Å². The topological polar surface area (TPSA) is 73.2 Å². The normalized spacial score (nSPS) is 20.5. The minimum absolute atomic E-state index is 0.0886. The summed E-state index contributed by atoms with van der Waals surface area (Å²) < 4.78 is 4.98. The van der Waals surface area contributed by atoms with Crippen LogP contribution in [0.3, 0.4) is 0 Å². The number of likely N-dealkylation sites (tertiary alicyclic amines) is 1. The molecular formula is C36H44N4O4. The van der Waals surface area contributed by atoms with E-state index >= 15 is 0 Å². The average molecular weight is 597 g/mol. The van der Waals surface area contributed by atoms with Crippen molar-refractivity contribution in [3.8, 4) is 0 Å². The van der Waals surface area contributed by atoms with E-state index in [4.69, 9.17) is 4.74 Å². The zero-order chi connectivity index (χ0) is 31.4. The van der Waals surface area contributed by atoms with Crippen LogP contribution in [0.5, 0.6) is 0 Å². The Morgan fingerprint density at radius 3 is 1.77 bits per heavy atom. The average Bonchev–Trinajstić information content (AvgIpc) is 3.86. The van der Waals surface area contributed by atoms with E-state index in [1.807, 2.05) is 36.9 Å². The highest BCUT2D eigenvalue weighted by Gasteiger charge is 2.57. The van der Waals surface area contributed by atoms with Gasteiger partial charge in [-0.1, -0.05) is 105 Å². The lowest BCUT2D eigenvalue weighted by atomic mass is 9.76.